The third-order valence-corrected chi connectivity index (χ3v) is 3.61. The van der Waals surface area contributed by atoms with Crippen LogP contribution in [-0.2, 0) is 11.2 Å². The lowest BCUT2D eigenvalue weighted by molar-refractivity contribution is -0.121. The van der Waals surface area contributed by atoms with Gasteiger partial charge in [-0.3, -0.25) is 4.79 Å². The smallest absolute Gasteiger partial charge is 0.240 e. The van der Waals surface area contributed by atoms with E-state index in [9.17, 15) is 9.90 Å². The van der Waals surface area contributed by atoms with Gasteiger partial charge in [-0.2, -0.15) is 5.10 Å². The fourth-order valence-electron chi connectivity index (χ4n) is 1.90. The standard InChI is InChI=1S/C17H17BrN2O2/c18-15-8-4-14(5-9-15)12-19-20-17(22)3-1-2-13-6-10-16(21)11-7-13/h4-12,21H,1-3H2,(H,20,22)/b19-12+. The van der Waals surface area contributed by atoms with Crippen LogP contribution in [-0.4, -0.2) is 17.2 Å². The van der Waals surface area contributed by atoms with Crippen LogP contribution in [0, 0.1) is 0 Å². The normalized spacial score (nSPS) is 10.8. The third kappa shape index (κ3) is 5.69. The van der Waals surface area contributed by atoms with Crippen LogP contribution < -0.4 is 5.43 Å². The topological polar surface area (TPSA) is 61.7 Å². The summed E-state index contributed by atoms with van der Waals surface area (Å²) in [5.74, 6) is 0.149. The number of hydrazone groups is 1. The Kier molecular flexibility index (Phi) is 6.15. The molecule has 2 aromatic rings. The van der Waals surface area contributed by atoms with Crippen LogP contribution in [0.15, 0.2) is 58.1 Å². The van der Waals surface area contributed by atoms with Crippen molar-refractivity contribution in [3.63, 3.8) is 0 Å². The molecular formula is C17H17BrN2O2. The zero-order chi connectivity index (χ0) is 15.8. The maximum atomic E-state index is 11.7. The first kappa shape index (κ1) is 16.2. The Morgan fingerprint density at radius 2 is 1.82 bits per heavy atom. The average molecular weight is 361 g/mol. The predicted octanol–water partition coefficient (Wildman–Crippen LogP) is 3.63. The summed E-state index contributed by atoms with van der Waals surface area (Å²) in [6, 6.07) is 14.7. The second-order valence-electron chi connectivity index (χ2n) is 4.86. The highest BCUT2D eigenvalue weighted by Crippen LogP contribution is 2.12. The van der Waals surface area contributed by atoms with Gasteiger partial charge in [0, 0.05) is 10.9 Å². The number of halogens is 1. The molecule has 0 atom stereocenters. The molecule has 2 aromatic carbocycles. The maximum Gasteiger partial charge on any atom is 0.240 e. The number of carbonyl (C=O) groups is 1. The van der Waals surface area contributed by atoms with E-state index in [0.29, 0.717) is 6.42 Å². The highest BCUT2D eigenvalue weighted by atomic mass is 79.9. The third-order valence-electron chi connectivity index (χ3n) is 3.08. The van der Waals surface area contributed by atoms with Crippen molar-refractivity contribution in [2.24, 2.45) is 5.10 Å². The molecule has 1 amide bonds. The summed E-state index contributed by atoms with van der Waals surface area (Å²) in [7, 11) is 0. The van der Waals surface area contributed by atoms with Crippen molar-refractivity contribution < 1.29 is 9.90 Å². The summed E-state index contributed by atoms with van der Waals surface area (Å²) in [4.78, 5) is 11.7. The zero-order valence-corrected chi connectivity index (χ0v) is 13.6. The Balaban J connectivity index is 1.69. The first-order valence-corrected chi connectivity index (χ1v) is 7.78. The lowest BCUT2D eigenvalue weighted by atomic mass is 10.1. The van der Waals surface area contributed by atoms with E-state index in [1.165, 1.54) is 0 Å². The van der Waals surface area contributed by atoms with E-state index in [-0.39, 0.29) is 11.7 Å². The van der Waals surface area contributed by atoms with Crippen molar-refractivity contribution in [2.45, 2.75) is 19.3 Å². The van der Waals surface area contributed by atoms with E-state index < -0.39 is 0 Å². The molecule has 2 N–H and O–H groups in total. The summed E-state index contributed by atoms with van der Waals surface area (Å²) in [5, 5.41) is 13.1. The molecule has 22 heavy (non-hydrogen) atoms. The van der Waals surface area contributed by atoms with Crippen molar-refractivity contribution >= 4 is 28.1 Å². The van der Waals surface area contributed by atoms with Gasteiger partial charge in [0.15, 0.2) is 0 Å². The number of nitrogens with one attached hydrogen (secondary N) is 1. The van der Waals surface area contributed by atoms with Gasteiger partial charge in [0.1, 0.15) is 5.75 Å². The molecule has 0 spiro atoms. The minimum Gasteiger partial charge on any atom is -0.508 e. The summed E-state index contributed by atoms with van der Waals surface area (Å²) < 4.78 is 1.00. The van der Waals surface area contributed by atoms with E-state index in [1.54, 1.807) is 18.3 Å². The minimum absolute atomic E-state index is 0.104. The number of aromatic hydroxyl groups is 1. The molecular weight excluding hydrogens is 344 g/mol. The van der Waals surface area contributed by atoms with Crippen LogP contribution >= 0.6 is 15.9 Å². The number of hydrogen-bond acceptors (Lipinski definition) is 3. The molecule has 114 valence electrons. The van der Waals surface area contributed by atoms with Crippen LogP contribution in [0.3, 0.4) is 0 Å². The fourth-order valence-corrected chi connectivity index (χ4v) is 2.16. The number of nitrogens with zero attached hydrogens (tertiary/aromatic N) is 1. The van der Waals surface area contributed by atoms with Gasteiger partial charge >= 0.3 is 0 Å². The second-order valence-corrected chi connectivity index (χ2v) is 5.78. The minimum atomic E-state index is -0.104. The lowest BCUT2D eigenvalue weighted by Crippen LogP contribution is -2.17. The summed E-state index contributed by atoms with van der Waals surface area (Å²) in [6.07, 6.45) is 3.57. The second kappa shape index (κ2) is 8.34. The van der Waals surface area contributed by atoms with E-state index in [0.717, 1.165) is 28.4 Å². The molecule has 0 aromatic heterocycles. The first-order valence-electron chi connectivity index (χ1n) is 6.99. The molecule has 0 saturated carbocycles. The Labute approximate surface area is 138 Å². The molecule has 0 bridgehead atoms. The van der Waals surface area contributed by atoms with Gasteiger partial charge in [0.05, 0.1) is 6.21 Å². The van der Waals surface area contributed by atoms with Gasteiger partial charge in [0.25, 0.3) is 0 Å². The Morgan fingerprint density at radius 3 is 2.50 bits per heavy atom. The van der Waals surface area contributed by atoms with Gasteiger partial charge in [-0.15, -0.1) is 0 Å². The van der Waals surface area contributed by atoms with Crippen LogP contribution in [0.1, 0.15) is 24.0 Å². The van der Waals surface area contributed by atoms with Gasteiger partial charge in [-0.05, 0) is 48.2 Å². The number of amides is 1. The molecule has 4 nitrogen and oxygen atoms in total. The van der Waals surface area contributed by atoms with Crippen LogP contribution in [0.2, 0.25) is 0 Å². The molecule has 0 radical (unpaired) electrons. The SMILES string of the molecule is O=C(CCCc1ccc(O)cc1)N/N=C/c1ccc(Br)cc1. The predicted molar refractivity (Wildman–Crippen MR) is 90.9 cm³/mol. The molecule has 0 aliphatic heterocycles. The van der Waals surface area contributed by atoms with Crippen LogP contribution in [0.4, 0.5) is 0 Å². The number of benzene rings is 2. The monoisotopic (exact) mass is 360 g/mol. The first-order chi connectivity index (χ1) is 10.6. The lowest BCUT2D eigenvalue weighted by Gasteiger charge is -2.02. The Bertz CT molecular complexity index is 637. The molecule has 2 rings (SSSR count). The zero-order valence-electron chi connectivity index (χ0n) is 12.0. The van der Waals surface area contributed by atoms with Crippen LogP contribution in [0.5, 0.6) is 5.75 Å². The largest absolute Gasteiger partial charge is 0.508 e. The Morgan fingerprint density at radius 1 is 1.14 bits per heavy atom. The quantitative estimate of drug-likeness (QED) is 0.610. The van der Waals surface area contributed by atoms with E-state index in [1.807, 2.05) is 36.4 Å². The molecule has 0 fully saturated rings. The number of carbonyl (C=O) groups excluding carboxylic acids is 1. The number of aryl methyl sites for hydroxylation is 1. The number of phenolic OH excluding ortho intramolecular Hbond substituents is 1. The van der Waals surface area contributed by atoms with E-state index >= 15 is 0 Å². The average Bonchev–Trinajstić information content (AvgIpc) is 2.51. The van der Waals surface area contributed by atoms with Crippen LogP contribution in [0.25, 0.3) is 0 Å². The highest BCUT2D eigenvalue weighted by Gasteiger charge is 2.00. The Hall–Kier alpha value is -2.14. The van der Waals surface area contributed by atoms with Gasteiger partial charge < -0.3 is 5.11 Å². The molecule has 5 heteroatoms. The summed E-state index contributed by atoms with van der Waals surface area (Å²) >= 11 is 3.36. The summed E-state index contributed by atoms with van der Waals surface area (Å²) in [6.45, 7) is 0. The van der Waals surface area contributed by atoms with Crippen molar-refractivity contribution in [3.8, 4) is 5.75 Å². The van der Waals surface area contributed by atoms with E-state index in [2.05, 4.69) is 26.5 Å². The van der Waals surface area contributed by atoms with Crippen molar-refractivity contribution in [3.05, 3.63) is 64.1 Å². The highest BCUT2D eigenvalue weighted by molar-refractivity contribution is 9.10. The van der Waals surface area contributed by atoms with Gasteiger partial charge in [-0.25, -0.2) is 5.43 Å². The van der Waals surface area contributed by atoms with Crippen molar-refractivity contribution in [1.82, 2.24) is 5.43 Å². The number of phenols is 1. The van der Waals surface area contributed by atoms with Crippen molar-refractivity contribution in [2.75, 3.05) is 0 Å². The molecule has 0 unspecified atom stereocenters. The molecule has 0 aliphatic carbocycles. The van der Waals surface area contributed by atoms with E-state index in [4.69, 9.17) is 0 Å². The van der Waals surface area contributed by atoms with Gasteiger partial charge in [0.2, 0.25) is 5.91 Å². The van der Waals surface area contributed by atoms with Gasteiger partial charge in [-0.1, -0.05) is 40.2 Å². The number of rotatable bonds is 6. The molecule has 0 aliphatic rings. The molecule has 0 heterocycles. The van der Waals surface area contributed by atoms with Crippen molar-refractivity contribution in [1.29, 1.82) is 0 Å². The molecule has 0 saturated heterocycles. The summed E-state index contributed by atoms with van der Waals surface area (Å²) in [5.41, 5.74) is 4.54. The fraction of sp³-hybridized carbons (Fsp3) is 0.176. The maximum absolute atomic E-state index is 11.7. The number of hydrogen-bond donors (Lipinski definition) is 2.